The Hall–Kier alpha value is -2.24. The first-order chi connectivity index (χ1) is 9.50. The molecule has 20 heavy (non-hydrogen) atoms. The summed E-state index contributed by atoms with van der Waals surface area (Å²) in [4.78, 5) is 37.3. The molecule has 6 heteroatoms. The summed E-state index contributed by atoms with van der Waals surface area (Å²) in [6, 6.07) is 3.09. The van der Waals surface area contributed by atoms with Crippen molar-refractivity contribution >= 4 is 17.7 Å². The van der Waals surface area contributed by atoms with Crippen LogP contribution in [0.15, 0.2) is 18.2 Å². The van der Waals surface area contributed by atoms with Crippen LogP contribution in [0.25, 0.3) is 0 Å². The van der Waals surface area contributed by atoms with Crippen LogP contribution < -0.4 is 5.32 Å². The number of carbonyl (C=O) groups excluding carboxylic acids is 3. The maximum atomic E-state index is 13.7. The standard InChI is InChI=1S/C14H13FN2O3/c1-7-5-6-10(12(18)16-7)17-13(19)8-3-2-4-9(15)11(8)14(17)20/h2-4,7,10H,5-6H2,1H3,(H,16,18). The van der Waals surface area contributed by atoms with Crippen molar-refractivity contribution < 1.29 is 18.8 Å². The zero-order valence-electron chi connectivity index (χ0n) is 10.9. The second kappa shape index (κ2) is 4.40. The van der Waals surface area contributed by atoms with Crippen LogP contribution >= 0.6 is 0 Å². The molecule has 0 bridgehead atoms. The van der Waals surface area contributed by atoms with Crippen molar-refractivity contribution in [3.63, 3.8) is 0 Å². The van der Waals surface area contributed by atoms with E-state index in [4.69, 9.17) is 0 Å². The van der Waals surface area contributed by atoms with Gasteiger partial charge in [-0.3, -0.25) is 19.3 Å². The fourth-order valence-corrected chi connectivity index (χ4v) is 2.74. The average molecular weight is 276 g/mol. The SMILES string of the molecule is CC1CCC(N2C(=O)c3cccc(F)c3C2=O)C(=O)N1. The smallest absolute Gasteiger partial charge is 0.265 e. The maximum absolute atomic E-state index is 13.7. The van der Waals surface area contributed by atoms with Crippen LogP contribution in [0.1, 0.15) is 40.5 Å². The molecule has 3 rings (SSSR count). The number of piperidine rings is 1. The Morgan fingerprint density at radius 3 is 2.60 bits per heavy atom. The first-order valence-electron chi connectivity index (χ1n) is 6.47. The molecule has 2 heterocycles. The molecular formula is C14H13FN2O3. The topological polar surface area (TPSA) is 66.5 Å². The van der Waals surface area contributed by atoms with Gasteiger partial charge in [0.1, 0.15) is 11.9 Å². The van der Waals surface area contributed by atoms with Gasteiger partial charge in [0.25, 0.3) is 11.8 Å². The molecule has 3 amide bonds. The number of benzene rings is 1. The molecule has 0 aromatic heterocycles. The van der Waals surface area contributed by atoms with Crippen LogP contribution in [0.5, 0.6) is 0 Å². The van der Waals surface area contributed by atoms with Crippen molar-refractivity contribution in [2.24, 2.45) is 0 Å². The Morgan fingerprint density at radius 1 is 1.20 bits per heavy atom. The van der Waals surface area contributed by atoms with E-state index in [2.05, 4.69) is 5.32 Å². The summed E-state index contributed by atoms with van der Waals surface area (Å²) >= 11 is 0. The molecule has 0 saturated carbocycles. The highest BCUT2D eigenvalue weighted by molar-refractivity contribution is 6.23. The van der Waals surface area contributed by atoms with Crippen LogP contribution in [0.3, 0.4) is 0 Å². The average Bonchev–Trinajstić information content (AvgIpc) is 2.64. The third kappa shape index (κ3) is 1.71. The van der Waals surface area contributed by atoms with Crippen molar-refractivity contribution in [1.82, 2.24) is 10.2 Å². The molecule has 1 N–H and O–H groups in total. The molecule has 2 aliphatic rings. The highest BCUT2D eigenvalue weighted by atomic mass is 19.1. The lowest BCUT2D eigenvalue weighted by Gasteiger charge is -2.31. The van der Waals surface area contributed by atoms with Crippen LogP contribution in [0, 0.1) is 5.82 Å². The maximum Gasteiger partial charge on any atom is 0.265 e. The fourth-order valence-electron chi connectivity index (χ4n) is 2.74. The van der Waals surface area contributed by atoms with E-state index in [1.165, 1.54) is 12.1 Å². The summed E-state index contributed by atoms with van der Waals surface area (Å²) in [6.45, 7) is 1.86. The number of halogens is 1. The van der Waals surface area contributed by atoms with Crippen molar-refractivity contribution in [2.75, 3.05) is 0 Å². The molecule has 0 radical (unpaired) electrons. The van der Waals surface area contributed by atoms with E-state index in [0.717, 1.165) is 11.0 Å². The molecule has 2 unspecified atom stereocenters. The van der Waals surface area contributed by atoms with Crippen LogP contribution in [0.2, 0.25) is 0 Å². The van der Waals surface area contributed by atoms with E-state index in [1.807, 2.05) is 6.92 Å². The summed E-state index contributed by atoms with van der Waals surface area (Å²) in [5.74, 6) is -2.41. The van der Waals surface area contributed by atoms with E-state index >= 15 is 0 Å². The lowest BCUT2D eigenvalue weighted by molar-refractivity contribution is -0.127. The minimum Gasteiger partial charge on any atom is -0.352 e. The third-order valence-electron chi connectivity index (χ3n) is 3.77. The monoisotopic (exact) mass is 276 g/mol. The minimum atomic E-state index is -0.849. The molecule has 1 fully saturated rings. The zero-order valence-corrected chi connectivity index (χ0v) is 10.9. The molecular weight excluding hydrogens is 263 g/mol. The van der Waals surface area contributed by atoms with Gasteiger partial charge in [-0.1, -0.05) is 6.07 Å². The number of nitrogens with one attached hydrogen (secondary N) is 1. The van der Waals surface area contributed by atoms with Crippen molar-refractivity contribution in [3.05, 3.63) is 35.1 Å². The van der Waals surface area contributed by atoms with E-state index in [9.17, 15) is 18.8 Å². The summed E-state index contributed by atoms with van der Waals surface area (Å²) in [5, 5.41) is 2.71. The van der Waals surface area contributed by atoms with Gasteiger partial charge in [-0.2, -0.15) is 0 Å². The Kier molecular flexibility index (Phi) is 2.81. The van der Waals surface area contributed by atoms with Gasteiger partial charge in [0, 0.05) is 6.04 Å². The molecule has 2 atom stereocenters. The van der Waals surface area contributed by atoms with Gasteiger partial charge in [0.05, 0.1) is 11.1 Å². The molecule has 1 saturated heterocycles. The third-order valence-corrected chi connectivity index (χ3v) is 3.77. The first-order valence-corrected chi connectivity index (χ1v) is 6.47. The van der Waals surface area contributed by atoms with E-state index in [0.29, 0.717) is 12.8 Å². The van der Waals surface area contributed by atoms with E-state index < -0.39 is 23.7 Å². The fraction of sp³-hybridized carbons (Fsp3) is 0.357. The second-order valence-corrected chi connectivity index (χ2v) is 5.15. The van der Waals surface area contributed by atoms with E-state index in [1.54, 1.807) is 0 Å². The molecule has 5 nitrogen and oxygen atoms in total. The molecule has 0 spiro atoms. The second-order valence-electron chi connectivity index (χ2n) is 5.15. The van der Waals surface area contributed by atoms with Gasteiger partial charge < -0.3 is 5.32 Å². The van der Waals surface area contributed by atoms with Crippen LogP contribution in [0.4, 0.5) is 4.39 Å². The van der Waals surface area contributed by atoms with Crippen LogP contribution in [-0.4, -0.2) is 34.7 Å². The Bertz CT molecular complexity index is 629. The van der Waals surface area contributed by atoms with Gasteiger partial charge in [0.15, 0.2) is 0 Å². The van der Waals surface area contributed by atoms with Gasteiger partial charge in [-0.15, -0.1) is 0 Å². The minimum absolute atomic E-state index is 0.0191. The number of fused-ring (bicyclic) bond motifs is 1. The normalized spacial score (nSPS) is 25.7. The number of imide groups is 1. The van der Waals surface area contributed by atoms with Gasteiger partial charge >= 0.3 is 0 Å². The predicted octanol–water partition coefficient (Wildman–Crippen LogP) is 1.09. The number of hydrogen-bond acceptors (Lipinski definition) is 3. The van der Waals surface area contributed by atoms with Crippen molar-refractivity contribution in [1.29, 1.82) is 0 Å². The van der Waals surface area contributed by atoms with Gasteiger partial charge in [-0.05, 0) is 31.9 Å². The Morgan fingerprint density at radius 2 is 1.95 bits per heavy atom. The zero-order chi connectivity index (χ0) is 14.4. The lowest BCUT2D eigenvalue weighted by Crippen LogP contribution is -2.55. The lowest BCUT2D eigenvalue weighted by atomic mass is 10.00. The largest absolute Gasteiger partial charge is 0.352 e. The first kappa shape index (κ1) is 12.8. The quantitative estimate of drug-likeness (QED) is 0.781. The number of nitrogens with zero attached hydrogens (tertiary/aromatic N) is 1. The summed E-state index contributed by atoms with van der Waals surface area (Å²) in [7, 11) is 0. The van der Waals surface area contributed by atoms with E-state index in [-0.39, 0.29) is 23.1 Å². The Balaban J connectivity index is 1.98. The van der Waals surface area contributed by atoms with Gasteiger partial charge in [-0.25, -0.2) is 4.39 Å². The Labute approximate surface area is 114 Å². The van der Waals surface area contributed by atoms with Crippen molar-refractivity contribution in [3.8, 4) is 0 Å². The number of hydrogen-bond donors (Lipinski definition) is 1. The highest BCUT2D eigenvalue weighted by Crippen LogP contribution is 2.29. The molecule has 1 aromatic rings. The molecule has 104 valence electrons. The summed E-state index contributed by atoms with van der Waals surface area (Å²) in [6.07, 6.45) is 1.08. The van der Waals surface area contributed by atoms with Crippen molar-refractivity contribution in [2.45, 2.75) is 31.8 Å². The van der Waals surface area contributed by atoms with Crippen LogP contribution in [-0.2, 0) is 4.79 Å². The summed E-state index contributed by atoms with van der Waals surface area (Å²) < 4.78 is 13.7. The number of rotatable bonds is 1. The highest BCUT2D eigenvalue weighted by Gasteiger charge is 2.45. The number of amides is 3. The molecule has 1 aromatic carbocycles. The number of carbonyl (C=O) groups is 3. The van der Waals surface area contributed by atoms with Gasteiger partial charge in [0.2, 0.25) is 5.91 Å². The molecule has 2 aliphatic heterocycles. The summed E-state index contributed by atoms with van der Waals surface area (Å²) in [5.41, 5.74) is -0.203. The predicted molar refractivity (Wildman–Crippen MR) is 67.5 cm³/mol. The molecule has 0 aliphatic carbocycles.